The number of hydrogen-bond acceptors (Lipinski definition) is 3. The van der Waals surface area contributed by atoms with Crippen molar-refractivity contribution in [1.29, 1.82) is 0 Å². The molecule has 1 atom stereocenters. The summed E-state index contributed by atoms with van der Waals surface area (Å²) in [5, 5.41) is 2.23. The molecule has 2 aromatic rings. The fourth-order valence-electron chi connectivity index (χ4n) is 3.42. The normalized spacial score (nSPS) is 22.0. The van der Waals surface area contributed by atoms with Crippen LogP contribution in [0.15, 0.2) is 24.3 Å². The first kappa shape index (κ1) is 13.1. The van der Waals surface area contributed by atoms with Crippen LogP contribution in [0.5, 0.6) is 0 Å². The molecular formula is C16H10F2N2O2. The van der Waals surface area contributed by atoms with Crippen molar-refractivity contribution in [3.05, 3.63) is 52.7 Å². The summed E-state index contributed by atoms with van der Waals surface area (Å²) in [6.07, 6.45) is -0.167. The smallest absolute Gasteiger partial charge is 0.242 e. The molecule has 0 saturated carbocycles. The highest BCUT2D eigenvalue weighted by Crippen LogP contribution is 2.52. The summed E-state index contributed by atoms with van der Waals surface area (Å²) in [6, 6.07) is 5.23. The molecule has 2 heterocycles. The number of imide groups is 1. The van der Waals surface area contributed by atoms with E-state index in [0.29, 0.717) is 17.0 Å². The third-order valence-corrected chi connectivity index (χ3v) is 4.31. The van der Waals surface area contributed by atoms with Gasteiger partial charge < -0.3 is 0 Å². The second-order valence-electron chi connectivity index (χ2n) is 5.62. The zero-order valence-corrected chi connectivity index (χ0v) is 11.5. The molecule has 1 spiro atoms. The van der Waals surface area contributed by atoms with Crippen molar-refractivity contribution in [2.75, 3.05) is 0 Å². The summed E-state index contributed by atoms with van der Waals surface area (Å²) in [7, 11) is 0. The van der Waals surface area contributed by atoms with E-state index < -0.39 is 28.9 Å². The van der Waals surface area contributed by atoms with Crippen LogP contribution in [-0.2, 0) is 15.0 Å². The minimum absolute atomic E-state index is 0.102. The summed E-state index contributed by atoms with van der Waals surface area (Å²) in [5.74, 6) is -2.59. The summed E-state index contributed by atoms with van der Waals surface area (Å²) < 4.78 is 28.0. The molecule has 110 valence electrons. The SMILES string of the molecule is Cc1ccc2c(n1)-c1c(F)cc(F)cc1C21CC(=O)NC1=O. The Morgan fingerprint density at radius 3 is 2.64 bits per heavy atom. The zero-order chi connectivity index (χ0) is 15.6. The number of carbonyl (C=O) groups excluding carboxylic acids is 2. The number of amides is 2. The number of halogens is 2. The van der Waals surface area contributed by atoms with Gasteiger partial charge in [-0.3, -0.25) is 19.9 Å². The Morgan fingerprint density at radius 1 is 1.18 bits per heavy atom. The molecule has 2 amide bonds. The van der Waals surface area contributed by atoms with Gasteiger partial charge in [0.2, 0.25) is 11.8 Å². The molecular weight excluding hydrogens is 290 g/mol. The fraction of sp³-hybridized carbons (Fsp3) is 0.188. The Bertz CT molecular complexity index is 879. The third-order valence-electron chi connectivity index (χ3n) is 4.31. The number of nitrogens with one attached hydrogen (secondary N) is 1. The van der Waals surface area contributed by atoms with Crippen LogP contribution in [-0.4, -0.2) is 16.8 Å². The van der Waals surface area contributed by atoms with E-state index in [1.54, 1.807) is 19.1 Å². The van der Waals surface area contributed by atoms with Crippen LogP contribution < -0.4 is 5.32 Å². The van der Waals surface area contributed by atoms with Crippen molar-refractivity contribution in [3.63, 3.8) is 0 Å². The molecule has 6 heteroatoms. The minimum Gasteiger partial charge on any atom is -0.295 e. The monoisotopic (exact) mass is 300 g/mol. The van der Waals surface area contributed by atoms with Crippen LogP contribution in [0.3, 0.4) is 0 Å². The van der Waals surface area contributed by atoms with Gasteiger partial charge in [0.05, 0.1) is 5.69 Å². The van der Waals surface area contributed by atoms with Gasteiger partial charge in [-0.25, -0.2) is 8.78 Å². The maximum absolute atomic E-state index is 14.3. The predicted octanol–water partition coefficient (Wildman–Crippen LogP) is 1.98. The number of nitrogens with zero attached hydrogens (tertiary/aromatic N) is 1. The first-order chi connectivity index (χ1) is 10.4. The summed E-state index contributed by atoms with van der Waals surface area (Å²) in [4.78, 5) is 28.5. The van der Waals surface area contributed by atoms with Gasteiger partial charge in [0.25, 0.3) is 0 Å². The second kappa shape index (κ2) is 3.97. The van der Waals surface area contributed by atoms with Crippen LogP contribution in [0.25, 0.3) is 11.3 Å². The molecule has 1 aliphatic carbocycles. The molecule has 1 N–H and O–H groups in total. The van der Waals surface area contributed by atoms with Gasteiger partial charge in [-0.15, -0.1) is 0 Å². The minimum atomic E-state index is -1.38. The van der Waals surface area contributed by atoms with Crippen LogP contribution in [0.1, 0.15) is 23.2 Å². The van der Waals surface area contributed by atoms with E-state index in [-0.39, 0.29) is 17.5 Å². The Labute approximate surface area is 124 Å². The first-order valence-electron chi connectivity index (χ1n) is 6.76. The quantitative estimate of drug-likeness (QED) is 0.757. The van der Waals surface area contributed by atoms with Crippen LogP contribution in [0.2, 0.25) is 0 Å². The van der Waals surface area contributed by atoms with Gasteiger partial charge in [-0.1, -0.05) is 6.07 Å². The maximum atomic E-state index is 14.3. The molecule has 1 aliphatic heterocycles. The Hall–Kier alpha value is -2.63. The number of aromatic nitrogens is 1. The van der Waals surface area contributed by atoms with Crippen molar-refractivity contribution in [2.24, 2.45) is 0 Å². The molecule has 4 nitrogen and oxygen atoms in total. The average Bonchev–Trinajstić information content (AvgIpc) is 2.86. The summed E-state index contributed by atoms with van der Waals surface area (Å²) in [6.45, 7) is 1.74. The Kier molecular flexibility index (Phi) is 2.36. The van der Waals surface area contributed by atoms with E-state index in [1.165, 1.54) is 0 Å². The molecule has 1 fully saturated rings. The lowest BCUT2D eigenvalue weighted by molar-refractivity contribution is -0.125. The Morgan fingerprint density at radius 2 is 1.95 bits per heavy atom. The van der Waals surface area contributed by atoms with Gasteiger partial charge in [-0.05, 0) is 30.2 Å². The van der Waals surface area contributed by atoms with Crippen molar-refractivity contribution in [3.8, 4) is 11.3 Å². The van der Waals surface area contributed by atoms with Gasteiger partial charge in [0, 0.05) is 23.7 Å². The second-order valence-corrected chi connectivity index (χ2v) is 5.62. The summed E-state index contributed by atoms with van der Waals surface area (Å²) >= 11 is 0. The van der Waals surface area contributed by atoms with Crippen molar-refractivity contribution < 1.29 is 18.4 Å². The lowest BCUT2D eigenvalue weighted by Crippen LogP contribution is -2.35. The number of rotatable bonds is 0. The molecule has 2 aliphatic rings. The van der Waals surface area contributed by atoms with Crippen molar-refractivity contribution >= 4 is 11.8 Å². The highest BCUT2D eigenvalue weighted by molar-refractivity contribution is 6.14. The molecule has 1 aromatic heterocycles. The molecule has 0 bridgehead atoms. The third kappa shape index (κ3) is 1.41. The van der Waals surface area contributed by atoms with Gasteiger partial charge in [-0.2, -0.15) is 0 Å². The number of fused-ring (bicyclic) bond motifs is 5. The largest absolute Gasteiger partial charge is 0.295 e. The first-order valence-corrected chi connectivity index (χ1v) is 6.76. The molecule has 1 saturated heterocycles. The molecule has 0 radical (unpaired) electrons. The van der Waals surface area contributed by atoms with E-state index >= 15 is 0 Å². The van der Waals surface area contributed by atoms with Crippen LogP contribution in [0.4, 0.5) is 8.78 Å². The molecule has 1 aromatic carbocycles. The standard InChI is InChI=1S/C16H10F2N2O2/c1-7-2-3-9-14(19-7)13-10(4-8(17)5-11(13)18)16(9)6-12(21)20-15(16)22/h2-5H,6H2,1H3,(H,20,21,22). The van der Waals surface area contributed by atoms with Gasteiger partial charge in [0.15, 0.2) is 0 Å². The van der Waals surface area contributed by atoms with Gasteiger partial charge >= 0.3 is 0 Å². The van der Waals surface area contributed by atoms with E-state index in [2.05, 4.69) is 10.3 Å². The van der Waals surface area contributed by atoms with Gasteiger partial charge in [0.1, 0.15) is 17.0 Å². The number of carbonyl (C=O) groups is 2. The zero-order valence-electron chi connectivity index (χ0n) is 11.5. The predicted molar refractivity (Wildman–Crippen MR) is 72.9 cm³/mol. The lowest BCUT2D eigenvalue weighted by Gasteiger charge is -2.21. The van der Waals surface area contributed by atoms with E-state index in [4.69, 9.17) is 0 Å². The molecule has 22 heavy (non-hydrogen) atoms. The number of hydrogen-bond donors (Lipinski definition) is 1. The van der Waals surface area contributed by atoms with E-state index in [1.807, 2.05) is 0 Å². The lowest BCUT2D eigenvalue weighted by atomic mass is 9.77. The average molecular weight is 300 g/mol. The van der Waals surface area contributed by atoms with Crippen LogP contribution >= 0.6 is 0 Å². The topological polar surface area (TPSA) is 59.1 Å². The van der Waals surface area contributed by atoms with Crippen molar-refractivity contribution in [1.82, 2.24) is 10.3 Å². The maximum Gasteiger partial charge on any atom is 0.242 e. The Balaban J connectivity index is 2.16. The number of benzene rings is 1. The number of pyridine rings is 1. The van der Waals surface area contributed by atoms with Crippen LogP contribution in [0, 0.1) is 18.6 Å². The molecule has 4 rings (SSSR count). The van der Waals surface area contributed by atoms with E-state index in [0.717, 1.165) is 12.1 Å². The van der Waals surface area contributed by atoms with E-state index in [9.17, 15) is 18.4 Å². The summed E-state index contributed by atoms with van der Waals surface area (Å²) in [5.41, 5.74) is 0.283. The highest BCUT2D eigenvalue weighted by Gasteiger charge is 2.56. The number of aryl methyl sites for hydroxylation is 1. The highest BCUT2D eigenvalue weighted by atomic mass is 19.1. The fourth-order valence-corrected chi connectivity index (χ4v) is 3.42. The van der Waals surface area contributed by atoms with Crippen molar-refractivity contribution in [2.45, 2.75) is 18.8 Å². The molecule has 1 unspecified atom stereocenters.